The third-order valence-corrected chi connectivity index (χ3v) is 4.02. The molecule has 23 heavy (non-hydrogen) atoms. The number of rotatable bonds is 9. The van der Waals surface area contributed by atoms with Crippen molar-refractivity contribution in [1.29, 1.82) is 0 Å². The molecule has 2 N–H and O–H groups in total. The minimum atomic E-state index is -2.93. The molecule has 6 nitrogen and oxygen atoms in total. The monoisotopic (exact) mass is 457 g/mol. The number of guanidine groups is 1. The molecule has 0 aliphatic rings. The SMILES string of the molecule is CCCN=C(NCCc1ccco1)NC(C)CCS(C)(=O)=O.I. The Kier molecular flexibility index (Phi) is 11.3. The zero-order valence-corrected chi connectivity index (χ0v) is 17.2. The molecule has 1 aromatic rings. The third-order valence-electron chi connectivity index (χ3n) is 3.04. The predicted molar refractivity (Wildman–Crippen MR) is 105 cm³/mol. The molecule has 0 aliphatic carbocycles. The molecule has 0 amide bonds. The van der Waals surface area contributed by atoms with Gasteiger partial charge in [-0.1, -0.05) is 6.92 Å². The van der Waals surface area contributed by atoms with E-state index in [0.29, 0.717) is 13.0 Å². The maximum Gasteiger partial charge on any atom is 0.191 e. The van der Waals surface area contributed by atoms with Gasteiger partial charge in [0.05, 0.1) is 12.0 Å². The second-order valence-corrected chi connectivity index (χ2v) is 7.71. The highest BCUT2D eigenvalue weighted by Crippen LogP contribution is 2.00. The lowest BCUT2D eigenvalue weighted by Gasteiger charge is -2.18. The van der Waals surface area contributed by atoms with Crippen molar-refractivity contribution in [3.8, 4) is 0 Å². The molecule has 134 valence electrons. The van der Waals surface area contributed by atoms with Crippen molar-refractivity contribution in [3.05, 3.63) is 24.2 Å². The molecule has 1 atom stereocenters. The average Bonchev–Trinajstić information content (AvgIpc) is 2.95. The Morgan fingerprint density at radius 2 is 2.17 bits per heavy atom. The van der Waals surface area contributed by atoms with E-state index in [2.05, 4.69) is 22.5 Å². The van der Waals surface area contributed by atoms with Crippen molar-refractivity contribution in [2.24, 2.45) is 4.99 Å². The maximum absolute atomic E-state index is 11.2. The van der Waals surface area contributed by atoms with Crippen molar-refractivity contribution < 1.29 is 12.8 Å². The summed E-state index contributed by atoms with van der Waals surface area (Å²) in [6.45, 7) is 5.47. The van der Waals surface area contributed by atoms with Gasteiger partial charge in [-0.3, -0.25) is 4.99 Å². The van der Waals surface area contributed by atoms with Gasteiger partial charge in [-0.2, -0.15) is 0 Å². The standard InChI is InChI=1S/C15H27N3O3S.HI/c1-4-9-16-15(17-10-7-14-6-5-11-21-14)18-13(2)8-12-22(3,19)20;/h5-6,11,13H,4,7-10,12H2,1-3H3,(H2,16,17,18);1H. The van der Waals surface area contributed by atoms with Crippen LogP contribution in [-0.4, -0.2) is 45.5 Å². The summed E-state index contributed by atoms with van der Waals surface area (Å²) < 4.78 is 27.7. The van der Waals surface area contributed by atoms with Gasteiger partial charge in [-0.15, -0.1) is 24.0 Å². The molecule has 1 rings (SSSR count). The van der Waals surface area contributed by atoms with Crippen LogP contribution in [0, 0.1) is 0 Å². The Labute approximate surface area is 156 Å². The summed E-state index contributed by atoms with van der Waals surface area (Å²) in [6.07, 6.45) is 5.21. The van der Waals surface area contributed by atoms with Crippen LogP contribution >= 0.6 is 24.0 Å². The molecule has 8 heteroatoms. The quantitative estimate of drug-likeness (QED) is 0.338. The first-order valence-electron chi connectivity index (χ1n) is 7.65. The van der Waals surface area contributed by atoms with Gasteiger partial charge in [0.25, 0.3) is 0 Å². The topological polar surface area (TPSA) is 83.7 Å². The zero-order valence-electron chi connectivity index (χ0n) is 14.0. The first-order chi connectivity index (χ1) is 10.4. The van der Waals surface area contributed by atoms with E-state index in [9.17, 15) is 8.42 Å². The summed E-state index contributed by atoms with van der Waals surface area (Å²) in [6, 6.07) is 3.85. The van der Waals surface area contributed by atoms with Crippen molar-refractivity contribution in [1.82, 2.24) is 10.6 Å². The molecule has 0 aromatic carbocycles. The molecule has 0 bridgehead atoms. The summed E-state index contributed by atoms with van der Waals surface area (Å²) in [4.78, 5) is 4.46. The fourth-order valence-corrected chi connectivity index (χ4v) is 2.61. The lowest BCUT2D eigenvalue weighted by molar-refractivity contribution is 0.506. The lowest BCUT2D eigenvalue weighted by Crippen LogP contribution is -2.43. The van der Waals surface area contributed by atoms with Crippen LogP contribution in [-0.2, 0) is 16.3 Å². The largest absolute Gasteiger partial charge is 0.469 e. The van der Waals surface area contributed by atoms with Crippen molar-refractivity contribution in [3.63, 3.8) is 0 Å². The van der Waals surface area contributed by atoms with Gasteiger partial charge < -0.3 is 15.1 Å². The van der Waals surface area contributed by atoms with Crippen LogP contribution in [0.25, 0.3) is 0 Å². The molecular formula is C15H28IN3O3S. The third kappa shape index (κ3) is 11.4. The number of hydrogen-bond acceptors (Lipinski definition) is 4. The van der Waals surface area contributed by atoms with E-state index < -0.39 is 9.84 Å². The molecule has 1 unspecified atom stereocenters. The minimum absolute atomic E-state index is 0. The van der Waals surface area contributed by atoms with Gasteiger partial charge >= 0.3 is 0 Å². The maximum atomic E-state index is 11.2. The summed E-state index contributed by atoms with van der Waals surface area (Å²) in [7, 11) is -2.93. The number of aliphatic imine (C=N–C) groups is 1. The van der Waals surface area contributed by atoms with E-state index in [1.807, 2.05) is 19.1 Å². The van der Waals surface area contributed by atoms with Gasteiger partial charge in [-0.25, -0.2) is 8.42 Å². The molecule has 0 radical (unpaired) electrons. The second-order valence-electron chi connectivity index (χ2n) is 5.45. The molecular weight excluding hydrogens is 429 g/mol. The molecule has 0 spiro atoms. The van der Waals surface area contributed by atoms with Gasteiger partial charge in [0.1, 0.15) is 15.6 Å². The van der Waals surface area contributed by atoms with Crippen LogP contribution < -0.4 is 10.6 Å². The smallest absolute Gasteiger partial charge is 0.191 e. The van der Waals surface area contributed by atoms with Crippen LogP contribution in [0.15, 0.2) is 27.8 Å². The number of furan rings is 1. The number of hydrogen-bond donors (Lipinski definition) is 2. The average molecular weight is 457 g/mol. The van der Waals surface area contributed by atoms with E-state index in [1.54, 1.807) is 6.26 Å². The zero-order chi connectivity index (χ0) is 16.4. The fourth-order valence-electron chi connectivity index (χ4n) is 1.83. The fraction of sp³-hybridized carbons (Fsp3) is 0.667. The van der Waals surface area contributed by atoms with Gasteiger partial charge in [0.2, 0.25) is 0 Å². The second kappa shape index (κ2) is 11.7. The molecule has 0 saturated carbocycles. The molecule has 1 aromatic heterocycles. The number of sulfone groups is 1. The summed E-state index contributed by atoms with van der Waals surface area (Å²) >= 11 is 0. The van der Waals surface area contributed by atoms with Gasteiger partial charge in [-0.05, 0) is 31.9 Å². The number of halogens is 1. The molecule has 0 fully saturated rings. The van der Waals surface area contributed by atoms with Crippen LogP contribution in [0.4, 0.5) is 0 Å². The molecule has 1 heterocycles. The normalized spacial score (nSPS) is 13.3. The first kappa shape index (κ1) is 22.2. The van der Waals surface area contributed by atoms with E-state index in [1.165, 1.54) is 6.26 Å². The molecule has 0 saturated heterocycles. The van der Waals surface area contributed by atoms with Crippen LogP contribution in [0.2, 0.25) is 0 Å². The van der Waals surface area contributed by atoms with E-state index in [4.69, 9.17) is 4.42 Å². The summed E-state index contributed by atoms with van der Waals surface area (Å²) in [5.74, 6) is 1.82. The minimum Gasteiger partial charge on any atom is -0.469 e. The lowest BCUT2D eigenvalue weighted by atomic mass is 10.2. The predicted octanol–water partition coefficient (Wildman–Crippen LogP) is 2.21. The van der Waals surface area contributed by atoms with Crippen LogP contribution in [0.1, 0.15) is 32.4 Å². The Morgan fingerprint density at radius 1 is 1.43 bits per heavy atom. The van der Waals surface area contributed by atoms with E-state index in [-0.39, 0.29) is 35.8 Å². The van der Waals surface area contributed by atoms with Gasteiger partial charge in [0.15, 0.2) is 5.96 Å². The Hall–Kier alpha value is -0.770. The molecule has 0 aliphatic heterocycles. The highest BCUT2D eigenvalue weighted by Gasteiger charge is 2.09. The van der Waals surface area contributed by atoms with Crippen molar-refractivity contribution in [2.45, 2.75) is 39.2 Å². The first-order valence-corrected chi connectivity index (χ1v) is 9.71. The van der Waals surface area contributed by atoms with Crippen LogP contribution in [0.3, 0.4) is 0 Å². The summed E-state index contributed by atoms with van der Waals surface area (Å²) in [5, 5.41) is 6.50. The highest BCUT2D eigenvalue weighted by molar-refractivity contribution is 14.0. The number of nitrogens with one attached hydrogen (secondary N) is 2. The van der Waals surface area contributed by atoms with Gasteiger partial charge in [0, 0.05) is 31.8 Å². The Bertz CT molecular complexity index is 544. The Morgan fingerprint density at radius 3 is 2.74 bits per heavy atom. The van der Waals surface area contributed by atoms with Crippen LogP contribution in [0.5, 0.6) is 0 Å². The Balaban J connectivity index is 0.00000484. The number of nitrogens with zero attached hydrogens (tertiary/aromatic N) is 1. The van der Waals surface area contributed by atoms with Crippen molar-refractivity contribution in [2.75, 3.05) is 25.1 Å². The summed E-state index contributed by atoms with van der Waals surface area (Å²) in [5.41, 5.74) is 0. The highest BCUT2D eigenvalue weighted by atomic mass is 127. The van der Waals surface area contributed by atoms with Crippen molar-refractivity contribution >= 4 is 39.8 Å². The van der Waals surface area contributed by atoms with E-state index >= 15 is 0 Å². The van der Waals surface area contributed by atoms with E-state index in [0.717, 1.165) is 31.1 Å².